The van der Waals surface area contributed by atoms with Crippen LogP contribution >= 0.6 is 0 Å². The molecule has 7 nitrogen and oxygen atoms in total. The average molecular weight is 433 g/mol. The van der Waals surface area contributed by atoms with Crippen molar-refractivity contribution in [1.82, 2.24) is 14.1 Å². The Balaban J connectivity index is 1.84. The maximum absolute atomic E-state index is 13.1. The predicted octanol–water partition coefficient (Wildman–Crippen LogP) is 4.15. The summed E-state index contributed by atoms with van der Waals surface area (Å²) in [5, 5.41) is 7.34. The third kappa shape index (κ3) is 4.75. The Labute approximate surface area is 179 Å². The number of aryl methyl sites for hydroxylation is 1. The molecule has 0 atom stereocenters. The lowest BCUT2D eigenvalue weighted by atomic mass is 9.96. The van der Waals surface area contributed by atoms with Crippen LogP contribution in [0.1, 0.15) is 68.9 Å². The number of benzene rings is 1. The summed E-state index contributed by atoms with van der Waals surface area (Å²) in [4.78, 5) is 13.0. The van der Waals surface area contributed by atoms with E-state index >= 15 is 0 Å². The number of carbonyl (C=O) groups is 1. The van der Waals surface area contributed by atoms with Gasteiger partial charge in [-0.25, -0.2) is 13.1 Å². The Bertz CT molecular complexity index is 1020. The van der Waals surface area contributed by atoms with E-state index in [2.05, 4.69) is 10.4 Å². The second kappa shape index (κ2) is 8.51. The first-order chi connectivity index (χ1) is 14.0. The highest BCUT2D eigenvalue weighted by Gasteiger charge is 2.29. The molecule has 1 heterocycles. The Morgan fingerprint density at radius 2 is 1.83 bits per heavy atom. The molecule has 1 saturated carbocycles. The van der Waals surface area contributed by atoms with Crippen molar-refractivity contribution in [3.8, 4) is 0 Å². The number of anilines is 1. The molecule has 1 aromatic heterocycles. The summed E-state index contributed by atoms with van der Waals surface area (Å²) in [5.74, 6) is 0.218. The van der Waals surface area contributed by atoms with Crippen LogP contribution in [0.3, 0.4) is 0 Å². The molecule has 1 aromatic carbocycles. The van der Waals surface area contributed by atoms with E-state index < -0.39 is 10.0 Å². The summed E-state index contributed by atoms with van der Waals surface area (Å²) < 4.78 is 29.5. The number of sulfonamides is 1. The summed E-state index contributed by atoms with van der Waals surface area (Å²) in [6.45, 7) is 7.88. The lowest BCUT2D eigenvalue weighted by molar-refractivity contribution is 0.102. The minimum absolute atomic E-state index is 0.0188. The molecule has 0 saturated heterocycles. The first-order valence-electron chi connectivity index (χ1n) is 10.5. The first-order valence-corrected chi connectivity index (χ1v) is 11.9. The standard InChI is InChI=1S/C22H32N4O3S/c1-16-14-20(26(24-16)22(2,3)4)23-21(27)17-10-9-13-19(15-17)30(28,29)25(5)18-11-7-6-8-12-18/h9-10,13-15,18H,6-8,11-12H2,1-5H3,(H,23,27). The van der Waals surface area contributed by atoms with Gasteiger partial charge in [-0.3, -0.25) is 4.79 Å². The van der Waals surface area contributed by atoms with Gasteiger partial charge in [0, 0.05) is 24.7 Å². The van der Waals surface area contributed by atoms with Gasteiger partial charge in [-0.05, 0) is 58.7 Å². The molecule has 0 radical (unpaired) electrons. The number of amides is 1. The molecule has 8 heteroatoms. The van der Waals surface area contributed by atoms with Gasteiger partial charge in [-0.15, -0.1) is 0 Å². The van der Waals surface area contributed by atoms with Crippen LogP contribution in [0, 0.1) is 6.92 Å². The maximum atomic E-state index is 13.1. The fraction of sp³-hybridized carbons (Fsp3) is 0.545. The van der Waals surface area contributed by atoms with Gasteiger partial charge in [0.2, 0.25) is 10.0 Å². The van der Waals surface area contributed by atoms with Crippen LogP contribution in [0.5, 0.6) is 0 Å². The highest BCUT2D eigenvalue weighted by Crippen LogP contribution is 2.27. The molecule has 2 aromatic rings. The van der Waals surface area contributed by atoms with Crippen LogP contribution in [0.2, 0.25) is 0 Å². The minimum atomic E-state index is -3.66. The topological polar surface area (TPSA) is 84.3 Å². The highest BCUT2D eigenvalue weighted by atomic mass is 32.2. The van der Waals surface area contributed by atoms with Crippen LogP contribution in [0.4, 0.5) is 5.82 Å². The summed E-state index contributed by atoms with van der Waals surface area (Å²) in [5.41, 5.74) is 0.795. The van der Waals surface area contributed by atoms with E-state index in [1.165, 1.54) is 10.4 Å². The Hall–Kier alpha value is -2.19. The Morgan fingerprint density at radius 3 is 2.47 bits per heavy atom. The Kier molecular flexibility index (Phi) is 6.38. The fourth-order valence-electron chi connectivity index (χ4n) is 3.89. The molecule has 164 valence electrons. The van der Waals surface area contributed by atoms with Crippen molar-refractivity contribution < 1.29 is 13.2 Å². The quantitative estimate of drug-likeness (QED) is 0.769. The molecule has 1 aliphatic carbocycles. The van der Waals surface area contributed by atoms with Crippen molar-refractivity contribution in [3.63, 3.8) is 0 Å². The summed E-state index contributed by atoms with van der Waals surface area (Å²) in [7, 11) is -2.02. The van der Waals surface area contributed by atoms with Gasteiger partial charge >= 0.3 is 0 Å². The first kappa shape index (κ1) is 22.5. The predicted molar refractivity (Wildman–Crippen MR) is 118 cm³/mol. The van der Waals surface area contributed by atoms with Crippen LogP contribution < -0.4 is 5.32 Å². The van der Waals surface area contributed by atoms with Gasteiger partial charge in [-0.1, -0.05) is 25.3 Å². The second-order valence-corrected chi connectivity index (χ2v) is 11.0. The zero-order valence-electron chi connectivity index (χ0n) is 18.5. The molecule has 0 aliphatic heterocycles. The van der Waals surface area contributed by atoms with E-state index in [1.807, 2.05) is 27.7 Å². The van der Waals surface area contributed by atoms with Crippen molar-refractivity contribution in [2.75, 3.05) is 12.4 Å². The normalized spacial score (nSPS) is 16.1. The van der Waals surface area contributed by atoms with E-state index in [-0.39, 0.29) is 22.4 Å². The summed E-state index contributed by atoms with van der Waals surface area (Å²) in [6.07, 6.45) is 5.02. The van der Waals surface area contributed by atoms with Gasteiger partial charge in [-0.2, -0.15) is 9.40 Å². The molecular formula is C22H32N4O3S. The molecule has 0 unspecified atom stereocenters. The van der Waals surface area contributed by atoms with Gasteiger partial charge < -0.3 is 5.32 Å². The number of rotatable bonds is 5. The smallest absolute Gasteiger partial charge is 0.256 e. The van der Waals surface area contributed by atoms with Crippen LogP contribution in [0.25, 0.3) is 0 Å². The van der Waals surface area contributed by atoms with Gasteiger partial charge in [0.1, 0.15) is 5.82 Å². The van der Waals surface area contributed by atoms with Crippen LogP contribution in [-0.4, -0.2) is 41.5 Å². The second-order valence-electron chi connectivity index (χ2n) is 9.05. The molecule has 1 fully saturated rings. The maximum Gasteiger partial charge on any atom is 0.256 e. The molecule has 30 heavy (non-hydrogen) atoms. The number of hydrogen-bond donors (Lipinski definition) is 1. The third-order valence-corrected chi connectivity index (χ3v) is 7.48. The SMILES string of the molecule is Cc1cc(NC(=O)c2cccc(S(=O)(=O)N(C)C3CCCCC3)c2)n(C(C)(C)C)n1. The molecule has 1 N–H and O–H groups in total. The summed E-state index contributed by atoms with van der Waals surface area (Å²) in [6, 6.07) is 8.07. The highest BCUT2D eigenvalue weighted by molar-refractivity contribution is 7.89. The van der Waals surface area contributed by atoms with E-state index in [4.69, 9.17) is 0 Å². The van der Waals surface area contributed by atoms with Crippen molar-refractivity contribution in [3.05, 3.63) is 41.6 Å². The lowest BCUT2D eigenvalue weighted by Gasteiger charge is -2.30. The van der Waals surface area contributed by atoms with E-state index in [9.17, 15) is 13.2 Å². The van der Waals surface area contributed by atoms with Crippen LogP contribution in [-0.2, 0) is 15.6 Å². The van der Waals surface area contributed by atoms with Gasteiger partial charge in [0.05, 0.1) is 16.1 Å². The van der Waals surface area contributed by atoms with E-state index in [0.717, 1.165) is 37.8 Å². The van der Waals surface area contributed by atoms with Crippen molar-refractivity contribution in [1.29, 1.82) is 0 Å². The lowest BCUT2D eigenvalue weighted by Crippen LogP contribution is -2.38. The fourth-order valence-corrected chi connectivity index (χ4v) is 5.36. The summed E-state index contributed by atoms with van der Waals surface area (Å²) >= 11 is 0. The molecule has 3 rings (SSSR count). The third-order valence-electron chi connectivity index (χ3n) is 5.57. The molecule has 0 bridgehead atoms. The van der Waals surface area contributed by atoms with E-state index in [0.29, 0.717) is 11.4 Å². The number of aromatic nitrogens is 2. The molecule has 0 spiro atoms. The number of nitrogens with zero attached hydrogens (tertiary/aromatic N) is 3. The monoisotopic (exact) mass is 432 g/mol. The number of hydrogen-bond acceptors (Lipinski definition) is 4. The molecule has 1 aliphatic rings. The minimum Gasteiger partial charge on any atom is -0.307 e. The van der Waals surface area contributed by atoms with Crippen molar-refractivity contribution in [2.45, 2.75) is 76.3 Å². The average Bonchev–Trinajstić information content (AvgIpc) is 3.08. The Morgan fingerprint density at radius 1 is 1.17 bits per heavy atom. The molecular weight excluding hydrogens is 400 g/mol. The van der Waals surface area contributed by atoms with Gasteiger partial charge in [0.25, 0.3) is 5.91 Å². The number of nitrogens with one attached hydrogen (secondary N) is 1. The number of carbonyl (C=O) groups excluding carboxylic acids is 1. The van der Waals surface area contributed by atoms with Crippen LogP contribution in [0.15, 0.2) is 35.2 Å². The van der Waals surface area contributed by atoms with E-state index in [1.54, 1.807) is 36.0 Å². The van der Waals surface area contributed by atoms with Crippen molar-refractivity contribution >= 4 is 21.7 Å². The largest absolute Gasteiger partial charge is 0.307 e. The molecule has 1 amide bonds. The van der Waals surface area contributed by atoms with Gasteiger partial charge in [0.15, 0.2) is 0 Å². The van der Waals surface area contributed by atoms with Crippen molar-refractivity contribution in [2.24, 2.45) is 0 Å². The zero-order valence-corrected chi connectivity index (χ0v) is 19.3. The zero-order chi connectivity index (χ0) is 22.1.